The molecule has 0 saturated carbocycles. The maximum atomic E-state index is 13.2. The molecule has 20 heavy (non-hydrogen) atoms. The molecule has 1 aromatic carbocycles. The average Bonchev–Trinajstić information content (AvgIpc) is 2.44. The van der Waals surface area contributed by atoms with E-state index in [1.165, 1.54) is 0 Å². The van der Waals surface area contributed by atoms with Gasteiger partial charge in [-0.05, 0) is 6.07 Å². The van der Waals surface area contributed by atoms with Crippen molar-refractivity contribution in [3.8, 4) is 0 Å². The van der Waals surface area contributed by atoms with E-state index in [2.05, 4.69) is 5.32 Å². The van der Waals surface area contributed by atoms with Crippen molar-refractivity contribution >= 4 is 17.3 Å². The van der Waals surface area contributed by atoms with Crippen molar-refractivity contribution in [2.75, 3.05) is 43.9 Å². The van der Waals surface area contributed by atoms with Crippen LogP contribution in [0.4, 0.5) is 20.2 Å². The fraction of sp³-hybridized carbons (Fsp3) is 0.462. The van der Waals surface area contributed by atoms with Crippen LogP contribution in [0.3, 0.4) is 0 Å². The van der Waals surface area contributed by atoms with Gasteiger partial charge in [-0.1, -0.05) is 0 Å². The van der Waals surface area contributed by atoms with Crippen molar-refractivity contribution < 1.29 is 18.3 Å². The minimum absolute atomic E-state index is 0.0174. The molecule has 1 aliphatic heterocycles. The van der Waals surface area contributed by atoms with Crippen LogP contribution < -0.4 is 11.1 Å². The van der Waals surface area contributed by atoms with Crippen molar-refractivity contribution in [3.05, 3.63) is 23.8 Å². The number of ether oxygens (including phenoxy) is 1. The molecule has 1 heterocycles. The number of benzene rings is 1. The molecule has 1 fully saturated rings. The van der Waals surface area contributed by atoms with Crippen molar-refractivity contribution in [2.24, 2.45) is 0 Å². The molecule has 7 heteroatoms. The summed E-state index contributed by atoms with van der Waals surface area (Å²) >= 11 is 0. The number of morpholine rings is 1. The number of nitrogens with one attached hydrogen (secondary N) is 1. The van der Waals surface area contributed by atoms with Crippen molar-refractivity contribution in [3.63, 3.8) is 0 Å². The third-order valence-electron chi connectivity index (χ3n) is 3.11. The topological polar surface area (TPSA) is 67.6 Å². The highest BCUT2D eigenvalue weighted by atomic mass is 19.1. The Morgan fingerprint density at radius 2 is 2.05 bits per heavy atom. The molecule has 1 amide bonds. The first-order valence-corrected chi connectivity index (χ1v) is 6.42. The summed E-state index contributed by atoms with van der Waals surface area (Å²) in [5.41, 5.74) is 5.51. The van der Waals surface area contributed by atoms with Gasteiger partial charge in [0.25, 0.3) is 0 Å². The van der Waals surface area contributed by atoms with Gasteiger partial charge >= 0.3 is 0 Å². The lowest BCUT2D eigenvalue weighted by Crippen LogP contribution is -2.41. The summed E-state index contributed by atoms with van der Waals surface area (Å²) < 4.78 is 31.4. The molecule has 0 spiro atoms. The van der Waals surface area contributed by atoms with Gasteiger partial charge in [0.1, 0.15) is 5.82 Å². The second kappa shape index (κ2) is 6.51. The Morgan fingerprint density at radius 3 is 2.75 bits per heavy atom. The van der Waals surface area contributed by atoms with E-state index < -0.39 is 11.6 Å². The lowest BCUT2D eigenvalue weighted by Gasteiger charge is -2.27. The number of halogens is 2. The molecule has 0 radical (unpaired) electrons. The van der Waals surface area contributed by atoms with Gasteiger partial charge in [-0.3, -0.25) is 4.79 Å². The summed E-state index contributed by atoms with van der Waals surface area (Å²) in [5, 5.41) is 2.78. The van der Waals surface area contributed by atoms with E-state index in [-0.39, 0.29) is 30.2 Å². The van der Waals surface area contributed by atoms with Crippen LogP contribution in [0, 0.1) is 11.6 Å². The maximum absolute atomic E-state index is 13.2. The van der Waals surface area contributed by atoms with Crippen molar-refractivity contribution in [2.45, 2.75) is 6.42 Å². The molecule has 1 aromatic rings. The smallest absolute Gasteiger partial charge is 0.224 e. The fourth-order valence-electron chi connectivity index (χ4n) is 2.01. The molecule has 0 bridgehead atoms. The maximum Gasteiger partial charge on any atom is 0.224 e. The quantitative estimate of drug-likeness (QED) is 0.816. The van der Waals surface area contributed by atoms with Crippen LogP contribution in [-0.4, -0.2) is 43.7 Å². The zero-order valence-corrected chi connectivity index (χ0v) is 11.0. The molecule has 1 aliphatic rings. The predicted octanol–water partition coefficient (Wildman–Crippen LogP) is 1.21. The first-order chi connectivity index (χ1) is 9.58. The van der Waals surface area contributed by atoms with Crippen LogP contribution >= 0.6 is 0 Å². The molecule has 3 N–H and O–H groups in total. The van der Waals surface area contributed by atoms with E-state index in [4.69, 9.17) is 10.5 Å². The van der Waals surface area contributed by atoms with Crippen molar-refractivity contribution in [1.29, 1.82) is 0 Å². The number of carbonyl (C=O) groups excluding carboxylic acids is 1. The van der Waals surface area contributed by atoms with Crippen LogP contribution in [0.2, 0.25) is 0 Å². The molecule has 0 aromatic heterocycles. The highest BCUT2D eigenvalue weighted by Gasteiger charge is 2.16. The van der Waals surface area contributed by atoms with Gasteiger partial charge < -0.3 is 20.7 Å². The zero-order chi connectivity index (χ0) is 14.5. The lowest BCUT2D eigenvalue weighted by molar-refractivity contribution is -0.134. The van der Waals surface area contributed by atoms with Crippen molar-refractivity contribution in [1.82, 2.24) is 4.90 Å². The van der Waals surface area contributed by atoms with Gasteiger partial charge in [-0.25, -0.2) is 8.78 Å². The second-order valence-corrected chi connectivity index (χ2v) is 4.52. The standard InChI is InChI=1S/C13H17F2N3O2/c14-9-7-10(15)13(16)11(8-9)17-2-1-12(19)18-3-5-20-6-4-18/h7-8,17H,1-6,16H2. The summed E-state index contributed by atoms with van der Waals surface area (Å²) in [4.78, 5) is 13.6. The second-order valence-electron chi connectivity index (χ2n) is 4.52. The highest BCUT2D eigenvalue weighted by Crippen LogP contribution is 2.23. The number of hydrogen-bond acceptors (Lipinski definition) is 4. The molecule has 0 unspecified atom stereocenters. The van der Waals surface area contributed by atoms with E-state index in [0.29, 0.717) is 26.3 Å². The van der Waals surface area contributed by atoms with Gasteiger partial charge in [-0.15, -0.1) is 0 Å². The summed E-state index contributed by atoms with van der Waals surface area (Å²) in [7, 11) is 0. The van der Waals surface area contributed by atoms with E-state index >= 15 is 0 Å². The summed E-state index contributed by atoms with van der Waals surface area (Å²) in [6, 6.07) is 1.83. The fourth-order valence-corrected chi connectivity index (χ4v) is 2.01. The summed E-state index contributed by atoms with van der Waals surface area (Å²) in [6.45, 7) is 2.51. The molecule has 0 atom stereocenters. The Kier molecular flexibility index (Phi) is 4.73. The summed E-state index contributed by atoms with van der Waals surface area (Å²) in [6.07, 6.45) is 0.234. The number of hydrogen-bond donors (Lipinski definition) is 2. The molecule has 2 rings (SSSR count). The monoisotopic (exact) mass is 285 g/mol. The Morgan fingerprint density at radius 1 is 1.35 bits per heavy atom. The zero-order valence-electron chi connectivity index (χ0n) is 11.0. The van der Waals surface area contributed by atoms with Gasteiger partial charge in [0, 0.05) is 32.1 Å². The molecule has 1 saturated heterocycles. The molecular formula is C13H17F2N3O2. The minimum atomic E-state index is -0.813. The molecular weight excluding hydrogens is 268 g/mol. The number of nitrogens with zero attached hydrogens (tertiary/aromatic N) is 1. The molecule has 0 aliphatic carbocycles. The Bertz CT molecular complexity index is 491. The third kappa shape index (κ3) is 3.57. The van der Waals surface area contributed by atoms with E-state index in [9.17, 15) is 13.6 Å². The van der Waals surface area contributed by atoms with Gasteiger partial charge in [0.15, 0.2) is 5.82 Å². The minimum Gasteiger partial charge on any atom is -0.395 e. The third-order valence-corrected chi connectivity index (χ3v) is 3.11. The van der Waals surface area contributed by atoms with Crippen LogP contribution in [0.5, 0.6) is 0 Å². The molecule has 110 valence electrons. The number of amides is 1. The highest BCUT2D eigenvalue weighted by molar-refractivity contribution is 5.77. The summed E-state index contributed by atoms with van der Waals surface area (Å²) in [5.74, 6) is -1.54. The first-order valence-electron chi connectivity index (χ1n) is 6.42. The average molecular weight is 285 g/mol. The Hall–Kier alpha value is -1.89. The predicted molar refractivity (Wildman–Crippen MR) is 71.3 cm³/mol. The van der Waals surface area contributed by atoms with Crippen LogP contribution in [0.15, 0.2) is 12.1 Å². The normalized spacial score (nSPS) is 15.2. The van der Waals surface area contributed by atoms with Crippen LogP contribution in [0.25, 0.3) is 0 Å². The first kappa shape index (κ1) is 14.5. The Balaban J connectivity index is 1.85. The molecule has 5 nitrogen and oxygen atoms in total. The van der Waals surface area contributed by atoms with Gasteiger partial charge in [-0.2, -0.15) is 0 Å². The number of rotatable bonds is 4. The van der Waals surface area contributed by atoms with Crippen LogP contribution in [0.1, 0.15) is 6.42 Å². The number of nitrogen functional groups attached to an aromatic ring is 1. The van der Waals surface area contributed by atoms with Crippen LogP contribution in [-0.2, 0) is 9.53 Å². The number of nitrogens with two attached hydrogens (primary N) is 1. The van der Waals surface area contributed by atoms with E-state index in [1.807, 2.05) is 0 Å². The van der Waals surface area contributed by atoms with E-state index in [1.54, 1.807) is 4.90 Å². The van der Waals surface area contributed by atoms with Gasteiger partial charge in [0.2, 0.25) is 5.91 Å². The SMILES string of the molecule is Nc1c(F)cc(F)cc1NCCC(=O)N1CCOCC1. The van der Waals surface area contributed by atoms with E-state index in [0.717, 1.165) is 12.1 Å². The Labute approximate surface area is 115 Å². The largest absolute Gasteiger partial charge is 0.395 e. The lowest BCUT2D eigenvalue weighted by atomic mass is 10.2. The number of carbonyl (C=O) groups is 1. The van der Waals surface area contributed by atoms with Gasteiger partial charge in [0.05, 0.1) is 24.6 Å². The number of anilines is 2.